The van der Waals surface area contributed by atoms with Crippen LogP contribution >= 0.6 is 15.9 Å². The number of hydrogen-bond donors (Lipinski definition) is 0. The van der Waals surface area contributed by atoms with Gasteiger partial charge in [-0.3, -0.25) is 9.97 Å². The van der Waals surface area contributed by atoms with Gasteiger partial charge in [0.2, 0.25) is 0 Å². The first kappa shape index (κ1) is 71.8. The zero-order valence-corrected chi connectivity index (χ0v) is 67.3. The van der Waals surface area contributed by atoms with Gasteiger partial charge in [-0.15, -0.1) is 0 Å². The Morgan fingerprint density at radius 2 is 0.574 bits per heavy atom. The number of rotatable bonds is 4. The van der Waals surface area contributed by atoms with Crippen LogP contribution in [0.25, 0.3) is 110 Å². The molecule has 0 aliphatic rings. The molecule has 0 atom stereocenters. The fourth-order valence-electron chi connectivity index (χ4n) is 16.7. The van der Waals surface area contributed by atoms with E-state index in [4.69, 9.17) is 24.9 Å². The first-order valence-electron chi connectivity index (χ1n) is 37.1. The molecule has 0 radical (unpaired) electrons. The van der Waals surface area contributed by atoms with E-state index in [1.165, 1.54) is 50.1 Å². The minimum atomic E-state index is 0.806. The molecule has 0 unspecified atom stereocenters. The average Bonchev–Trinajstić information content (AvgIpc) is 0.751. The van der Waals surface area contributed by atoms with Crippen LogP contribution in [0, 0.1) is 193 Å². The first-order valence-corrected chi connectivity index (χ1v) is 37.9. The second kappa shape index (κ2) is 27.8. The van der Waals surface area contributed by atoms with Crippen molar-refractivity contribution in [2.75, 3.05) is 0 Å². The molecular weight excluding hydrogens is 1380 g/mol. The lowest BCUT2D eigenvalue weighted by Gasteiger charge is -2.19. The van der Waals surface area contributed by atoms with E-state index in [1.807, 2.05) is 18.5 Å². The van der Waals surface area contributed by atoms with Crippen molar-refractivity contribution in [2.24, 2.45) is 0 Å². The van der Waals surface area contributed by atoms with E-state index in [-0.39, 0.29) is 0 Å². The van der Waals surface area contributed by atoms with E-state index in [1.54, 1.807) is 0 Å². The van der Waals surface area contributed by atoms with Crippen LogP contribution in [0.3, 0.4) is 0 Å². The number of fused-ring (bicyclic) bond motifs is 9. The van der Waals surface area contributed by atoms with Gasteiger partial charge in [-0.05, 0) is 282 Å². The summed E-state index contributed by atoms with van der Waals surface area (Å²) in [6.45, 7) is 45.7. The van der Waals surface area contributed by atoms with E-state index in [9.17, 15) is 0 Å². The second-order valence-electron chi connectivity index (χ2n) is 30.2. The molecule has 0 amide bonds. The van der Waals surface area contributed by atoms with Crippen molar-refractivity contribution in [1.29, 1.82) is 0 Å². The summed E-state index contributed by atoms with van der Waals surface area (Å²) >= 11 is 3.95. The molecule has 0 saturated heterocycles. The molecule has 15 rings (SSSR count). The van der Waals surface area contributed by atoms with Crippen LogP contribution in [0.2, 0.25) is 0 Å². The lowest BCUT2D eigenvalue weighted by atomic mass is 9.88. The molecule has 6 aromatic heterocycles. The summed E-state index contributed by atoms with van der Waals surface area (Å²) in [4.78, 5) is 32.1. The predicted octanol–water partition coefficient (Wildman–Crippen LogP) is 24.5. The van der Waals surface area contributed by atoms with Crippen LogP contribution in [-0.4, -0.2) is 29.9 Å². The Hall–Kier alpha value is -11.8. The summed E-state index contributed by atoms with van der Waals surface area (Å²) in [6.07, 6.45) is 3.67. The number of pyridine rings is 6. The molecular formula is C101H85BrN6. The Balaban J connectivity index is 0.841. The molecule has 526 valence electrons. The summed E-state index contributed by atoms with van der Waals surface area (Å²) in [5.41, 5.74) is 44.4. The lowest BCUT2D eigenvalue weighted by molar-refractivity contribution is 1.20. The Kier molecular flexibility index (Phi) is 18.5. The second-order valence-corrected chi connectivity index (χ2v) is 31.0. The molecule has 0 N–H and O–H groups in total. The number of halogens is 1. The maximum absolute atomic E-state index is 5.78. The Labute approximate surface area is 644 Å². The molecule has 0 spiro atoms. The van der Waals surface area contributed by atoms with Gasteiger partial charge in [0.1, 0.15) is 0 Å². The van der Waals surface area contributed by atoms with Crippen molar-refractivity contribution in [3.8, 4) is 92.4 Å². The molecule has 0 aliphatic heterocycles. The standard InChI is InChI=1S/C101H85BrN6/c1-52-41-55(4)88(56(5)42-52)87-39-34-75-26-28-80-50-79(95(108-99(80)98(75)105-87)91-69(18)71(20)92(102)72(21)70(91)19)33-38-86-67(16)65(14)85(66(15)68(86)17)37-32-78-49-82-30-29-81-48-77(93(89-57(6)43-53(2)44-58(89)7)106-100(81)101(82)107-94(78)90-59(8)45-54(3)46-60(90)9)31-36-84-63(12)61(10)83(62(11)64(84)13)35-24-73-47-76-27-25-74-23-22-40-103-96(74)97(76)104-51-73/h22-23,25-30,34,39-51H,1-21H3. The third-order valence-corrected chi connectivity index (χ3v) is 24.1. The molecule has 0 bridgehead atoms. The van der Waals surface area contributed by atoms with Crippen molar-refractivity contribution in [1.82, 2.24) is 29.9 Å². The predicted molar refractivity (Wildman–Crippen MR) is 457 cm³/mol. The lowest BCUT2D eigenvalue weighted by Crippen LogP contribution is -2.03. The van der Waals surface area contributed by atoms with Crippen molar-refractivity contribution >= 4 is 81.3 Å². The number of hydrogen-bond acceptors (Lipinski definition) is 6. The summed E-state index contributed by atoms with van der Waals surface area (Å²) in [5, 5.41) is 6.01. The van der Waals surface area contributed by atoms with Gasteiger partial charge < -0.3 is 0 Å². The van der Waals surface area contributed by atoms with E-state index >= 15 is 0 Å². The van der Waals surface area contributed by atoms with Crippen LogP contribution in [0.15, 0.2) is 138 Å². The third kappa shape index (κ3) is 12.5. The van der Waals surface area contributed by atoms with Gasteiger partial charge in [0.25, 0.3) is 0 Å². The number of benzene rings is 9. The smallest absolute Gasteiger partial charge is 0.0973 e. The first-order chi connectivity index (χ1) is 51.6. The van der Waals surface area contributed by atoms with E-state index < -0.39 is 0 Å². The zero-order chi connectivity index (χ0) is 76.3. The van der Waals surface area contributed by atoms with E-state index in [0.717, 1.165) is 226 Å². The van der Waals surface area contributed by atoms with Crippen molar-refractivity contribution in [2.45, 2.75) is 145 Å². The fraction of sp³-hybridized carbons (Fsp3) is 0.208. The molecule has 15 aromatic rings. The normalized spacial score (nSPS) is 11.3. The van der Waals surface area contributed by atoms with Crippen LogP contribution in [-0.2, 0) is 0 Å². The third-order valence-electron chi connectivity index (χ3n) is 22.9. The van der Waals surface area contributed by atoms with Gasteiger partial charge in [0.15, 0.2) is 0 Å². The minimum absolute atomic E-state index is 0.806. The Morgan fingerprint density at radius 3 is 0.972 bits per heavy atom. The van der Waals surface area contributed by atoms with E-state index in [2.05, 4.69) is 329 Å². The highest BCUT2D eigenvalue weighted by Gasteiger charge is 2.24. The van der Waals surface area contributed by atoms with Crippen LogP contribution < -0.4 is 0 Å². The minimum Gasteiger partial charge on any atom is -0.254 e. The molecule has 108 heavy (non-hydrogen) atoms. The molecule has 0 aliphatic carbocycles. The molecule has 7 heteroatoms. The number of aryl methyl sites for hydroxylation is 9. The monoisotopic (exact) mass is 1460 g/mol. The van der Waals surface area contributed by atoms with Gasteiger partial charge in [-0.2, -0.15) is 0 Å². The number of nitrogens with zero attached hydrogens (tertiary/aromatic N) is 6. The maximum atomic E-state index is 5.78. The highest BCUT2D eigenvalue weighted by Crippen LogP contribution is 2.42. The van der Waals surface area contributed by atoms with E-state index in [0.29, 0.717) is 0 Å². The van der Waals surface area contributed by atoms with Gasteiger partial charge in [0.05, 0.1) is 72.6 Å². The summed E-state index contributed by atoms with van der Waals surface area (Å²) in [7, 11) is 0. The zero-order valence-electron chi connectivity index (χ0n) is 65.8. The largest absolute Gasteiger partial charge is 0.254 e. The quantitative estimate of drug-likeness (QED) is 0.129. The summed E-state index contributed by atoms with van der Waals surface area (Å²) in [6, 6.07) is 43.5. The van der Waals surface area contributed by atoms with Gasteiger partial charge >= 0.3 is 0 Å². The van der Waals surface area contributed by atoms with Crippen LogP contribution in [0.5, 0.6) is 0 Å². The highest BCUT2D eigenvalue weighted by atomic mass is 79.9. The summed E-state index contributed by atoms with van der Waals surface area (Å²) in [5.74, 6) is 29.6. The Morgan fingerprint density at radius 1 is 0.259 bits per heavy atom. The molecule has 9 aromatic carbocycles. The van der Waals surface area contributed by atoms with Gasteiger partial charge in [-0.1, -0.05) is 165 Å². The fourth-order valence-corrected chi connectivity index (χ4v) is 17.3. The summed E-state index contributed by atoms with van der Waals surface area (Å²) < 4.78 is 1.12. The SMILES string of the molecule is Cc1cc(C)c(-c2ccc3ccc4cc(C#Cc5c(C)c(C)c(C#Cc6cc7ccc8cc(C#Cc9c(C)c(C)c(C#Cc%10cnc%11c(ccc%12cccnc%12%11)c%10)c(C)c9C)c(-c9c(C)cc(C)cc9C)nc8c7nc6-c6c(C)cc(C)cc6C)c(C)c5C)c(-c5c(C)c(C)c(Br)c(C)c5C)nc4c3n2)c(C)c1. The van der Waals surface area contributed by atoms with Gasteiger partial charge in [-0.25, -0.2) is 19.9 Å². The van der Waals surface area contributed by atoms with Gasteiger partial charge in [0, 0.05) is 99.3 Å². The molecule has 0 saturated carbocycles. The topological polar surface area (TPSA) is 77.3 Å². The van der Waals surface area contributed by atoms with Crippen LogP contribution in [0.1, 0.15) is 161 Å². The van der Waals surface area contributed by atoms with Crippen molar-refractivity contribution in [3.05, 3.63) is 300 Å². The highest BCUT2D eigenvalue weighted by molar-refractivity contribution is 9.10. The van der Waals surface area contributed by atoms with Crippen molar-refractivity contribution in [3.63, 3.8) is 0 Å². The average molecular weight is 1460 g/mol. The van der Waals surface area contributed by atoms with Crippen molar-refractivity contribution < 1.29 is 0 Å². The Bertz CT molecular complexity index is 6670. The maximum Gasteiger partial charge on any atom is 0.0973 e. The van der Waals surface area contributed by atoms with Crippen LogP contribution in [0.4, 0.5) is 0 Å². The number of aromatic nitrogens is 6. The molecule has 6 nitrogen and oxygen atoms in total. The molecule has 6 heterocycles. The molecule has 0 fully saturated rings.